The molecular weight excluding hydrogens is 362 g/mol. The van der Waals surface area contributed by atoms with Crippen LogP contribution in [-0.4, -0.2) is 43.0 Å². The lowest BCUT2D eigenvalue weighted by molar-refractivity contribution is -0.125. The van der Waals surface area contributed by atoms with E-state index in [9.17, 15) is 9.90 Å². The maximum Gasteiger partial charge on any atom is 0.258 e. The number of aliphatic hydroxyl groups is 1. The minimum absolute atomic E-state index is 0.118. The zero-order chi connectivity index (χ0) is 15.3. The van der Waals surface area contributed by atoms with Crippen LogP contribution >= 0.6 is 27.5 Å². The predicted molar refractivity (Wildman–Crippen MR) is 82.7 cm³/mol. The molecule has 0 aromatic heterocycles. The van der Waals surface area contributed by atoms with Gasteiger partial charge in [0, 0.05) is 37.6 Å². The van der Waals surface area contributed by atoms with E-state index in [0.29, 0.717) is 41.3 Å². The Balaban J connectivity index is 1.77. The zero-order valence-corrected chi connectivity index (χ0v) is 13.7. The molecule has 1 amide bonds. The van der Waals surface area contributed by atoms with Crippen molar-refractivity contribution in [3.63, 3.8) is 0 Å². The maximum atomic E-state index is 11.8. The van der Waals surface area contributed by atoms with Crippen LogP contribution in [-0.2, 0) is 9.53 Å². The van der Waals surface area contributed by atoms with E-state index in [2.05, 4.69) is 21.2 Å². The zero-order valence-electron chi connectivity index (χ0n) is 11.4. The average Bonchev–Trinajstić information content (AvgIpc) is 2.45. The van der Waals surface area contributed by atoms with Gasteiger partial charge >= 0.3 is 0 Å². The van der Waals surface area contributed by atoms with Gasteiger partial charge in [0.1, 0.15) is 5.75 Å². The summed E-state index contributed by atoms with van der Waals surface area (Å²) in [6.07, 6.45) is 1.05. The lowest BCUT2D eigenvalue weighted by atomic mass is 9.94. The van der Waals surface area contributed by atoms with Gasteiger partial charge in [0.25, 0.3) is 5.91 Å². The van der Waals surface area contributed by atoms with Gasteiger partial charge < -0.3 is 19.9 Å². The van der Waals surface area contributed by atoms with Crippen molar-refractivity contribution in [2.75, 3.05) is 26.4 Å². The van der Waals surface area contributed by atoms with E-state index in [0.717, 1.165) is 0 Å². The van der Waals surface area contributed by atoms with Crippen molar-refractivity contribution in [2.45, 2.75) is 18.4 Å². The van der Waals surface area contributed by atoms with E-state index in [1.54, 1.807) is 18.2 Å². The molecule has 1 fully saturated rings. The second-order valence-electron chi connectivity index (χ2n) is 4.98. The van der Waals surface area contributed by atoms with Gasteiger partial charge in [-0.25, -0.2) is 0 Å². The maximum absolute atomic E-state index is 11.8. The Labute approximate surface area is 136 Å². The number of hydrogen-bond acceptors (Lipinski definition) is 4. The van der Waals surface area contributed by atoms with E-state index >= 15 is 0 Å². The molecule has 0 atom stereocenters. The van der Waals surface area contributed by atoms with Crippen molar-refractivity contribution in [3.8, 4) is 5.75 Å². The first-order valence-electron chi connectivity index (χ1n) is 6.63. The molecule has 1 aromatic rings. The molecule has 1 heterocycles. The van der Waals surface area contributed by atoms with Crippen molar-refractivity contribution < 1.29 is 19.4 Å². The number of carbonyl (C=O) groups is 1. The Morgan fingerprint density at radius 1 is 1.48 bits per heavy atom. The first-order chi connectivity index (χ1) is 9.98. The van der Waals surface area contributed by atoms with E-state index < -0.39 is 5.60 Å². The van der Waals surface area contributed by atoms with Gasteiger partial charge in [-0.2, -0.15) is 0 Å². The van der Waals surface area contributed by atoms with Gasteiger partial charge in [0.05, 0.1) is 10.1 Å². The third-order valence-electron chi connectivity index (χ3n) is 3.29. The van der Waals surface area contributed by atoms with Crippen molar-refractivity contribution in [1.29, 1.82) is 0 Å². The van der Waals surface area contributed by atoms with Crippen LogP contribution < -0.4 is 10.1 Å². The van der Waals surface area contributed by atoms with Gasteiger partial charge in [0.2, 0.25) is 0 Å². The lowest BCUT2D eigenvalue weighted by Gasteiger charge is -2.32. The first-order valence-corrected chi connectivity index (χ1v) is 7.80. The van der Waals surface area contributed by atoms with E-state index in [1.807, 2.05) is 0 Å². The highest BCUT2D eigenvalue weighted by Crippen LogP contribution is 2.27. The summed E-state index contributed by atoms with van der Waals surface area (Å²) in [5, 5.41) is 13.5. The SMILES string of the molecule is O=C(COc1ccc(Cl)cc1Br)NCC1(O)CCOCC1. The molecule has 1 aliphatic heterocycles. The normalized spacial score (nSPS) is 17.3. The Kier molecular flexibility index (Phi) is 5.87. The first kappa shape index (κ1) is 16.5. The summed E-state index contributed by atoms with van der Waals surface area (Å²) in [7, 11) is 0. The number of amides is 1. The quantitative estimate of drug-likeness (QED) is 0.824. The van der Waals surface area contributed by atoms with Crippen LogP contribution in [0.15, 0.2) is 22.7 Å². The van der Waals surface area contributed by atoms with Crippen LogP contribution in [0, 0.1) is 0 Å². The van der Waals surface area contributed by atoms with Crippen LogP contribution in [0.1, 0.15) is 12.8 Å². The molecule has 2 N–H and O–H groups in total. The smallest absolute Gasteiger partial charge is 0.258 e. The van der Waals surface area contributed by atoms with Gasteiger partial charge in [-0.3, -0.25) is 4.79 Å². The minimum atomic E-state index is -0.880. The summed E-state index contributed by atoms with van der Waals surface area (Å²) in [4.78, 5) is 11.8. The molecule has 21 heavy (non-hydrogen) atoms. The van der Waals surface area contributed by atoms with Crippen LogP contribution in [0.25, 0.3) is 0 Å². The molecule has 5 nitrogen and oxygen atoms in total. The molecule has 7 heteroatoms. The van der Waals surface area contributed by atoms with E-state index in [4.69, 9.17) is 21.1 Å². The predicted octanol–water partition coefficient (Wildman–Crippen LogP) is 2.14. The molecule has 0 saturated carbocycles. The monoisotopic (exact) mass is 377 g/mol. The average molecular weight is 379 g/mol. The highest BCUT2D eigenvalue weighted by atomic mass is 79.9. The Hall–Kier alpha value is -0.820. The summed E-state index contributed by atoms with van der Waals surface area (Å²) in [6, 6.07) is 5.07. The van der Waals surface area contributed by atoms with E-state index in [1.165, 1.54) is 0 Å². The molecule has 0 radical (unpaired) electrons. The molecule has 1 saturated heterocycles. The summed E-state index contributed by atoms with van der Waals surface area (Å²) in [5.41, 5.74) is -0.880. The van der Waals surface area contributed by atoms with Gasteiger partial charge in [-0.1, -0.05) is 11.6 Å². The van der Waals surface area contributed by atoms with Crippen molar-refractivity contribution in [2.24, 2.45) is 0 Å². The number of carbonyl (C=O) groups excluding carboxylic acids is 1. The Morgan fingerprint density at radius 3 is 2.86 bits per heavy atom. The molecule has 116 valence electrons. The lowest BCUT2D eigenvalue weighted by Crippen LogP contribution is -2.47. The topological polar surface area (TPSA) is 67.8 Å². The Bertz CT molecular complexity index is 506. The summed E-state index contributed by atoms with van der Waals surface area (Å²) >= 11 is 9.14. The number of hydrogen-bond donors (Lipinski definition) is 2. The van der Waals surface area contributed by atoms with Crippen molar-refractivity contribution >= 4 is 33.4 Å². The second-order valence-corrected chi connectivity index (χ2v) is 6.27. The van der Waals surface area contributed by atoms with Crippen LogP contribution in [0.4, 0.5) is 0 Å². The van der Waals surface area contributed by atoms with Gasteiger partial charge in [-0.15, -0.1) is 0 Å². The largest absolute Gasteiger partial charge is 0.483 e. The van der Waals surface area contributed by atoms with Crippen molar-refractivity contribution in [1.82, 2.24) is 5.32 Å². The summed E-state index contributed by atoms with van der Waals surface area (Å²) in [6.45, 7) is 1.12. The third kappa shape index (κ3) is 5.14. The fourth-order valence-corrected chi connectivity index (χ4v) is 2.77. The molecule has 1 aliphatic rings. The number of halogens is 2. The molecule has 0 bridgehead atoms. The fraction of sp³-hybridized carbons (Fsp3) is 0.500. The molecule has 0 aliphatic carbocycles. The summed E-state index contributed by atoms with van der Waals surface area (Å²) < 4.78 is 11.3. The number of nitrogens with one attached hydrogen (secondary N) is 1. The van der Waals surface area contributed by atoms with Crippen LogP contribution in [0.2, 0.25) is 5.02 Å². The van der Waals surface area contributed by atoms with Crippen LogP contribution in [0.5, 0.6) is 5.75 Å². The molecule has 0 unspecified atom stereocenters. The molecule has 1 aromatic carbocycles. The number of benzene rings is 1. The Morgan fingerprint density at radius 2 is 2.19 bits per heavy atom. The number of rotatable bonds is 5. The minimum Gasteiger partial charge on any atom is -0.483 e. The standard InChI is InChI=1S/C14H17BrClNO4/c15-11-7-10(16)1-2-12(11)21-8-13(18)17-9-14(19)3-5-20-6-4-14/h1-2,7,19H,3-6,8-9H2,(H,17,18). The highest BCUT2D eigenvalue weighted by molar-refractivity contribution is 9.10. The fourth-order valence-electron chi connectivity index (χ4n) is 1.98. The van der Waals surface area contributed by atoms with E-state index in [-0.39, 0.29) is 19.1 Å². The van der Waals surface area contributed by atoms with Gasteiger partial charge in [0.15, 0.2) is 6.61 Å². The van der Waals surface area contributed by atoms with Crippen molar-refractivity contribution in [3.05, 3.63) is 27.7 Å². The third-order valence-corrected chi connectivity index (χ3v) is 4.15. The molecule has 2 rings (SSSR count). The molecule has 0 spiro atoms. The van der Waals surface area contributed by atoms with Gasteiger partial charge in [-0.05, 0) is 34.1 Å². The van der Waals surface area contributed by atoms with Crippen LogP contribution in [0.3, 0.4) is 0 Å². The second kappa shape index (κ2) is 7.45. The number of ether oxygens (including phenoxy) is 2. The molecular formula is C14H17BrClNO4. The highest BCUT2D eigenvalue weighted by Gasteiger charge is 2.30. The summed E-state index contributed by atoms with van der Waals surface area (Å²) in [5.74, 6) is 0.260.